The molecule has 0 atom stereocenters. The van der Waals surface area contributed by atoms with E-state index in [0.717, 1.165) is 67.4 Å². The number of fused-ring (bicyclic) bond motifs is 2. The molecule has 0 saturated carbocycles. The number of piperidine rings is 1. The summed E-state index contributed by atoms with van der Waals surface area (Å²) >= 11 is 1.61. The minimum absolute atomic E-state index is 0.00392. The van der Waals surface area contributed by atoms with Crippen molar-refractivity contribution >= 4 is 39.5 Å². The number of likely N-dealkylation sites (N-methyl/N-ethyl adjacent to an activating group) is 1. The molecule has 0 unspecified atom stereocenters. The van der Waals surface area contributed by atoms with E-state index in [1.165, 1.54) is 4.88 Å². The van der Waals surface area contributed by atoms with Crippen molar-refractivity contribution in [2.45, 2.75) is 25.8 Å². The number of carbonyl (C=O) groups excluding carboxylic acids is 1. The summed E-state index contributed by atoms with van der Waals surface area (Å²) in [7, 11) is 2.12. The SMILES string of the molecule is CN1CCc2nc(NC(=O)C3CCN(c4nc5ccccc5o4)CC3)sc2C1. The lowest BCUT2D eigenvalue weighted by Gasteiger charge is -2.29. The van der Waals surface area contributed by atoms with Crippen molar-refractivity contribution in [3.63, 3.8) is 0 Å². The van der Waals surface area contributed by atoms with Gasteiger partial charge >= 0.3 is 0 Å². The highest BCUT2D eigenvalue weighted by Gasteiger charge is 2.28. The van der Waals surface area contributed by atoms with Crippen molar-refractivity contribution in [1.29, 1.82) is 0 Å². The van der Waals surface area contributed by atoms with Crippen LogP contribution in [0.1, 0.15) is 23.4 Å². The van der Waals surface area contributed by atoms with Crippen molar-refractivity contribution in [2.24, 2.45) is 5.92 Å². The summed E-state index contributed by atoms with van der Waals surface area (Å²) in [6.45, 7) is 3.48. The van der Waals surface area contributed by atoms with E-state index >= 15 is 0 Å². The third-order valence-electron chi connectivity index (χ3n) is 5.57. The van der Waals surface area contributed by atoms with Crippen LogP contribution in [-0.4, -0.2) is 47.5 Å². The Balaban J connectivity index is 1.20. The van der Waals surface area contributed by atoms with E-state index in [2.05, 4.69) is 32.1 Å². The topological polar surface area (TPSA) is 74.5 Å². The summed E-state index contributed by atoms with van der Waals surface area (Å²) < 4.78 is 5.86. The first-order valence-corrected chi connectivity index (χ1v) is 10.6. The molecule has 1 amide bonds. The first-order chi connectivity index (χ1) is 13.7. The van der Waals surface area contributed by atoms with Crippen molar-refractivity contribution in [2.75, 3.05) is 36.9 Å². The molecule has 146 valence electrons. The minimum Gasteiger partial charge on any atom is -0.423 e. The summed E-state index contributed by atoms with van der Waals surface area (Å²) in [6.07, 6.45) is 2.54. The number of carbonyl (C=O) groups is 1. The predicted molar refractivity (Wildman–Crippen MR) is 110 cm³/mol. The smallest absolute Gasteiger partial charge is 0.298 e. The van der Waals surface area contributed by atoms with E-state index in [1.807, 2.05) is 24.3 Å². The van der Waals surface area contributed by atoms with Crippen LogP contribution in [0.3, 0.4) is 0 Å². The highest BCUT2D eigenvalue weighted by Crippen LogP contribution is 2.30. The van der Waals surface area contributed by atoms with Gasteiger partial charge in [0.15, 0.2) is 10.7 Å². The highest BCUT2D eigenvalue weighted by molar-refractivity contribution is 7.15. The van der Waals surface area contributed by atoms with Crippen LogP contribution in [0.5, 0.6) is 0 Å². The molecule has 0 spiro atoms. The lowest BCUT2D eigenvalue weighted by atomic mass is 9.96. The Kier molecular flexibility index (Phi) is 4.52. The van der Waals surface area contributed by atoms with E-state index in [4.69, 9.17) is 4.42 Å². The number of hydrogen-bond acceptors (Lipinski definition) is 7. The number of benzene rings is 1. The van der Waals surface area contributed by atoms with Crippen LogP contribution < -0.4 is 10.2 Å². The molecule has 2 aliphatic heterocycles. The van der Waals surface area contributed by atoms with Crippen molar-refractivity contribution in [1.82, 2.24) is 14.9 Å². The molecule has 0 aliphatic carbocycles. The Labute approximate surface area is 167 Å². The third-order valence-corrected chi connectivity index (χ3v) is 6.57. The van der Waals surface area contributed by atoms with Crippen molar-refractivity contribution < 1.29 is 9.21 Å². The van der Waals surface area contributed by atoms with E-state index in [9.17, 15) is 4.79 Å². The molecule has 1 N–H and O–H groups in total. The summed E-state index contributed by atoms with van der Waals surface area (Å²) in [4.78, 5) is 27.6. The zero-order chi connectivity index (χ0) is 19.1. The van der Waals surface area contributed by atoms with Gasteiger partial charge in [0.1, 0.15) is 5.52 Å². The zero-order valence-corrected chi connectivity index (χ0v) is 16.7. The number of oxazole rings is 1. The van der Waals surface area contributed by atoms with Gasteiger partial charge in [-0.15, -0.1) is 11.3 Å². The molecule has 1 saturated heterocycles. The number of hydrogen-bond donors (Lipinski definition) is 1. The summed E-state index contributed by atoms with van der Waals surface area (Å²) in [5, 5.41) is 3.79. The van der Waals surface area contributed by atoms with Crippen LogP contribution in [0.2, 0.25) is 0 Å². The van der Waals surface area contributed by atoms with Crippen molar-refractivity contribution in [3.05, 3.63) is 34.8 Å². The standard InChI is InChI=1S/C20H23N5O2S/c1-24-9-8-15-17(12-24)28-19(21-15)23-18(26)13-6-10-25(11-7-13)20-22-14-4-2-3-5-16(14)27-20/h2-5,13H,6-12H2,1H3,(H,21,23,26). The summed E-state index contributed by atoms with van der Waals surface area (Å²) in [5.41, 5.74) is 2.82. The average Bonchev–Trinajstić information content (AvgIpc) is 3.31. The average molecular weight is 398 g/mol. The van der Waals surface area contributed by atoms with Gasteiger partial charge in [0.2, 0.25) is 5.91 Å². The molecular weight excluding hydrogens is 374 g/mol. The van der Waals surface area contributed by atoms with Crippen LogP contribution in [0.4, 0.5) is 11.1 Å². The molecule has 8 heteroatoms. The Morgan fingerprint density at radius 1 is 1.21 bits per heavy atom. The second-order valence-corrected chi connectivity index (χ2v) is 8.68. The molecule has 1 aromatic carbocycles. The maximum Gasteiger partial charge on any atom is 0.298 e. The Morgan fingerprint density at radius 2 is 2.04 bits per heavy atom. The molecule has 0 radical (unpaired) electrons. The maximum atomic E-state index is 12.7. The van der Waals surface area contributed by atoms with Gasteiger partial charge in [0.25, 0.3) is 6.01 Å². The number of aromatic nitrogens is 2. The number of amides is 1. The summed E-state index contributed by atoms with van der Waals surface area (Å²) in [5.74, 6) is 0.0842. The zero-order valence-electron chi connectivity index (χ0n) is 15.9. The molecule has 0 bridgehead atoms. The fourth-order valence-electron chi connectivity index (χ4n) is 3.91. The summed E-state index contributed by atoms with van der Waals surface area (Å²) in [6, 6.07) is 8.43. The highest BCUT2D eigenvalue weighted by atomic mass is 32.1. The minimum atomic E-state index is 0.00392. The van der Waals surface area contributed by atoms with E-state index < -0.39 is 0 Å². The molecule has 3 aromatic rings. The first-order valence-electron chi connectivity index (χ1n) is 9.74. The van der Waals surface area contributed by atoms with Crippen LogP contribution in [-0.2, 0) is 17.8 Å². The number of nitrogens with zero attached hydrogens (tertiary/aromatic N) is 4. The van der Waals surface area contributed by atoms with Crippen molar-refractivity contribution in [3.8, 4) is 0 Å². The first kappa shape index (κ1) is 17.6. The van der Waals surface area contributed by atoms with E-state index in [1.54, 1.807) is 11.3 Å². The fraction of sp³-hybridized carbons (Fsp3) is 0.450. The quantitative estimate of drug-likeness (QED) is 0.732. The molecule has 2 aromatic heterocycles. The molecule has 1 fully saturated rings. The number of anilines is 2. The Morgan fingerprint density at radius 3 is 2.86 bits per heavy atom. The van der Waals surface area contributed by atoms with Gasteiger partial charge in [-0.1, -0.05) is 12.1 Å². The lowest BCUT2D eigenvalue weighted by Crippen LogP contribution is -2.38. The van der Waals surface area contributed by atoms with Gasteiger partial charge in [-0.2, -0.15) is 4.98 Å². The Bertz CT molecular complexity index is 972. The monoisotopic (exact) mass is 397 g/mol. The number of thiazole rings is 1. The van der Waals surface area contributed by atoms with E-state index in [-0.39, 0.29) is 11.8 Å². The normalized spacial score (nSPS) is 18.4. The number of rotatable bonds is 3. The van der Waals surface area contributed by atoms with Gasteiger partial charge in [0.05, 0.1) is 5.69 Å². The van der Waals surface area contributed by atoms with Crippen LogP contribution in [0, 0.1) is 5.92 Å². The molecule has 2 aliphatic rings. The molecule has 5 rings (SSSR count). The lowest BCUT2D eigenvalue weighted by molar-refractivity contribution is -0.120. The number of nitrogens with one attached hydrogen (secondary N) is 1. The second kappa shape index (κ2) is 7.18. The number of para-hydroxylation sites is 2. The largest absolute Gasteiger partial charge is 0.423 e. The van der Waals surface area contributed by atoms with Gasteiger partial charge in [-0.3, -0.25) is 4.79 Å². The van der Waals surface area contributed by atoms with Crippen LogP contribution >= 0.6 is 11.3 Å². The van der Waals surface area contributed by atoms with Gasteiger partial charge in [-0.05, 0) is 32.0 Å². The van der Waals surface area contributed by atoms with Crippen LogP contribution in [0.25, 0.3) is 11.1 Å². The molecule has 7 nitrogen and oxygen atoms in total. The fourth-order valence-corrected chi connectivity index (χ4v) is 5.00. The predicted octanol–water partition coefficient (Wildman–Crippen LogP) is 3.13. The second-order valence-electron chi connectivity index (χ2n) is 7.59. The van der Waals surface area contributed by atoms with Gasteiger partial charge < -0.3 is 19.5 Å². The maximum absolute atomic E-state index is 12.7. The van der Waals surface area contributed by atoms with E-state index in [0.29, 0.717) is 6.01 Å². The third kappa shape index (κ3) is 3.38. The molecule has 4 heterocycles. The molecular formula is C20H23N5O2S. The van der Waals surface area contributed by atoms with Crippen LogP contribution in [0.15, 0.2) is 28.7 Å². The van der Waals surface area contributed by atoms with Gasteiger partial charge in [0, 0.05) is 43.4 Å². The Hall–Kier alpha value is -2.45. The molecule has 28 heavy (non-hydrogen) atoms. The van der Waals surface area contributed by atoms with Gasteiger partial charge in [-0.25, -0.2) is 4.98 Å².